The number of benzene rings is 1. The molecular formula is C23H24N2O4. The molecule has 2 aliphatic rings. The van der Waals surface area contributed by atoms with Crippen LogP contribution in [0.3, 0.4) is 0 Å². The molecule has 29 heavy (non-hydrogen) atoms. The van der Waals surface area contributed by atoms with Crippen LogP contribution >= 0.6 is 0 Å². The second-order valence-corrected chi connectivity index (χ2v) is 8.11. The molecule has 0 amide bonds. The average Bonchev–Trinajstić information content (AvgIpc) is 3.06. The van der Waals surface area contributed by atoms with E-state index in [9.17, 15) is 9.90 Å². The SMILES string of the molecule is CC[C@]1(O)c2cc3n(c(=O)c2CO[C@H]1OC(C)C)Cc1cc2ccccc2nc1-3. The Morgan fingerprint density at radius 3 is 2.90 bits per heavy atom. The van der Waals surface area contributed by atoms with Gasteiger partial charge in [-0.3, -0.25) is 4.79 Å². The normalized spacial score (nSPS) is 22.6. The summed E-state index contributed by atoms with van der Waals surface area (Å²) in [4.78, 5) is 18.1. The predicted octanol–water partition coefficient (Wildman–Crippen LogP) is 3.30. The van der Waals surface area contributed by atoms with E-state index in [1.165, 1.54) is 0 Å². The van der Waals surface area contributed by atoms with E-state index in [1.807, 2.05) is 51.1 Å². The molecule has 2 atom stereocenters. The molecule has 0 unspecified atom stereocenters. The van der Waals surface area contributed by atoms with Gasteiger partial charge in [-0.25, -0.2) is 4.98 Å². The highest BCUT2D eigenvalue weighted by Crippen LogP contribution is 2.41. The first-order valence-electron chi connectivity index (χ1n) is 10.1. The largest absolute Gasteiger partial charge is 0.380 e. The zero-order valence-electron chi connectivity index (χ0n) is 16.8. The van der Waals surface area contributed by atoms with Crippen molar-refractivity contribution < 1.29 is 14.6 Å². The third kappa shape index (κ3) is 2.67. The minimum absolute atomic E-state index is 0.107. The fraction of sp³-hybridized carbons (Fsp3) is 0.391. The van der Waals surface area contributed by atoms with Gasteiger partial charge in [-0.05, 0) is 38.5 Å². The van der Waals surface area contributed by atoms with E-state index in [0.29, 0.717) is 24.1 Å². The minimum atomic E-state index is -1.38. The molecule has 4 heterocycles. The van der Waals surface area contributed by atoms with E-state index in [2.05, 4.69) is 6.07 Å². The monoisotopic (exact) mass is 392 g/mol. The summed E-state index contributed by atoms with van der Waals surface area (Å²) < 4.78 is 13.4. The van der Waals surface area contributed by atoms with Crippen LogP contribution in [-0.2, 0) is 28.2 Å². The number of rotatable bonds is 3. The molecule has 1 N–H and O–H groups in total. The molecular weight excluding hydrogens is 368 g/mol. The zero-order chi connectivity index (χ0) is 20.3. The molecule has 0 radical (unpaired) electrons. The van der Waals surface area contributed by atoms with E-state index in [0.717, 1.165) is 27.9 Å². The van der Waals surface area contributed by atoms with Crippen molar-refractivity contribution in [2.75, 3.05) is 0 Å². The van der Waals surface area contributed by atoms with Gasteiger partial charge in [0.25, 0.3) is 5.56 Å². The van der Waals surface area contributed by atoms with Crippen LogP contribution in [0.4, 0.5) is 0 Å². The van der Waals surface area contributed by atoms with E-state index in [4.69, 9.17) is 14.5 Å². The number of aliphatic hydroxyl groups is 1. The van der Waals surface area contributed by atoms with Crippen LogP contribution in [0.25, 0.3) is 22.3 Å². The number of fused-ring (bicyclic) bond motifs is 5. The topological polar surface area (TPSA) is 73.6 Å². The smallest absolute Gasteiger partial charge is 0.257 e. The predicted molar refractivity (Wildman–Crippen MR) is 110 cm³/mol. The molecule has 150 valence electrons. The Bertz CT molecular complexity index is 1180. The molecule has 6 nitrogen and oxygen atoms in total. The third-order valence-corrected chi connectivity index (χ3v) is 5.94. The van der Waals surface area contributed by atoms with Crippen molar-refractivity contribution in [2.45, 2.75) is 58.3 Å². The standard InChI is InChI=1S/C23H24N2O4/c1-4-23(27)17-10-19-20-15(9-14-7-5-6-8-18(14)24-20)11-25(19)21(26)16(17)12-28-22(23)29-13(2)3/h5-10,13,22,27H,4,11-12H2,1-3H3/t22-,23-/m0/s1. The zero-order valence-corrected chi connectivity index (χ0v) is 16.8. The van der Waals surface area contributed by atoms with Gasteiger partial charge >= 0.3 is 0 Å². The summed E-state index contributed by atoms with van der Waals surface area (Å²) in [5.74, 6) is 0. The molecule has 2 aromatic heterocycles. The maximum absolute atomic E-state index is 13.3. The van der Waals surface area contributed by atoms with Gasteiger partial charge in [0.15, 0.2) is 6.29 Å². The summed E-state index contributed by atoms with van der Waals surface area (Å²) >= 11 is 0. The fourth-order valence-corrected chi connectivity index (χ4v) is 4.42. The van der Waals surface area contributed by atoms with Gasteiger partial charge < -0.3 is 19.1 Å². The van der Waals surface area contributed by atoms with Gasteiger partial charge in [0, 0.05) is 22.1 Å². The van der Waals surface area contributed by atoms with Crippen molar-refractivity contribution in [3.05, 3.63) is 63.4 Å². The van der Waals surface area contributed by atoms with Gasteiger partial charge in [0.1, 0.15) is 5.60 Å². The van der Waals surface area contributed by atoms with Crippen molar-refractivity contribution in [1.29, 1.82) is 0 Å². The first kappa shape index (κ1) is 18.5. The van der Waals surface area contributed by atoms with Gasteiger partial charge in [-0.15, -0.1) is 0 Å². The Morgan fingerprint density at radius 1 is 1.34 bits per heavy atom. The van der Waals surface area contributed by atoms with Crippen LogP contribution in [0.15, 0.2) is 41.2 Å². The van der Waals surface area contributed by atoms with Gasteiger partial charge in [0.05, 0.1) is 36.2 Å². The minimum Gasteiger partial charge on any atom is -0.380 e. The highest BCUT2D eigenvalue weighted by atomic mass is 16.7. The Hall–Kier alpha value is -2.54. The van der Waals surface area contributed by atoms with Crippen LogP contribution in [0.5, 0.6) is 0 Å². The molecule has 0 spiro atoms. The van der Waals surface area contributed by atoms with E-state index >= 15 is 0 Å². The van der Waals surface area contributed by atoms with Crippen molar-refractivity contribution in [3.63, 3.8) is 0 Å². The molecule has 2 aliphatic heterocycles. The lowest BCUT2D eigenvalue weighted by atomic mass is 9.85. The van der Waals surface area contributed by atoms with Crippen LogP contribution in [0.1, 0.15) is 43.9 Å². The van der Waals surface area contributed by atoms with Gasteiger partial charge in [0.2, 0.25) is 0 Å². The summed E-state index contributed by atoms with van der Waals surface area (Å²) in [6.07, 6.45) is -0.546. The number of aromatic nitrogens is 2. The Balaban J connectivity index is 1.72. The lowest BCUT2D eigenvalue weighted by Crippen LogP contribution is -2.49. The molecule has 5 rings (SSSR count). The number of para-hydroxylation sites is 1. The fourth-order valence-electron chi connectivity index (χ4n) is 4.42. The molecule has 0 bridgehead atoms. The summed E-state index contributed by atoms with van der Waals surface area (Å²) in [7, 11) is 0. The third-order valence-electron chi connectivity index (χ3n) is 5.94. The first-order valence-corrected chi connectivity index (χ1v) is 10.1. The number of hydrogen-bond donors (Lipinski definition) is 1. The van der Waals surface area contributed by atoms with Crippen LogP contribution in [-0.4, -0.2) is 27.1 Å². The second-order valence-electron chi connectivity index (χ2n) is 8.11. The quantitative estimate of drug-likeness (QED) is 0.579. The molecule has 1 aromatic carbocycles. The molecule has 0 saturated heterocycles. The Kier molecular flexibility index (Phi) is 4.13. The summed E-state index contributed by atoms with van der Waals surface area (Å²) in [5, 5.41) is 12.5. The maximum Gasteiger partial charge on any atom is 0.257 e. The van der Waals surface area contributed by atoms with E-state index in [1.54, 1.807) is 4.57 Å². The molecule has 0 aliphatic carbocycles. The highest BCUT2D eigenvalue weighted by Gasteiger charge is 2.46. The summed E-state index contributed by atoms with van der Waals surface area (Å²) in [5.41, 5.74) is 3.02. The van der Waals surface area contributed by atoms with E-state index in [-0.39, 0.29) is 18.3 Å². The van der Waals surface area contributed by atoms with Gasteiger partial charge in [-0.1, -0.05) is 25.1 Å². The molecule has 0 saturated carbocycles. The molecule has 0 fully saturated rings. The average molecular weight is 392 g/mol. The summed E-state index contributed by atoms with van der Waals surface area (Å²) in [6.45, 7) is 6.28. The van der Waals surface area contributed by atoms with Crippen LogP contribution < -0.4 is 5.56 Å². The Labute approximate surface area is 168 Å². The lowest BCUT2D eigenvalue weighted by Gasteiger charge is -2.41. The number of pyridine rings is 2. The number of ether oxygens (including phenoxy) is 2. The molecule has 6 heteroatoms. The van der Waals surface area contributed by atoms with Crippen molar-refractivity contribution in [3.8, 4) is 11.4 Å². The Morgan fingerprint density at radius 2 is 2.14 bits per heavy atom. The van der Waals surface area contributed by atoms with Gasteiger partial charge in [-0.2, -0.15) is 0 Å². The summed E-state index contributed by atoms with van der Waals surface area (Å²) in [6, 6.07) is 11.9. The van der Waals surface area contributed by atoms with Crippen LogP contribution in [0.2, 0.25) is 0 Å². The van der Waals surface area contributed by atoms with Crippen LogP contribution in [0, 0.1) is 0 Å². The number of hydrogen-bond acceptors (Lipinski definition) is 5. The van der Waals surface area contributed by atoms with Crippen molar-refractivity contribution >= 4 is 10.9 Å². The molecule has 3 aromatic rings. The number of nitrogens with zero attached hydrogens (tertiary/aromatic N) is 2. The first-order chi connectivity index (χ1) is 13.9. The lowest BCUT2D eigenvalue weighted by molar-refractivity contribution is -0.271. The maximum atomic E-state index is 13.3. The van der Waals surface area contributed by atoms with E-state index < -0.39 is 11.9 Å². The van der Waals surface area contributed by atoms with Crippen molar-refractivity contribution in [1.82, 2.24) is 9.55 Å². The highest BCUT2D eigenvalue weighted by molar-refractivity contribution is 5.84. The van der Waals surface area contributed by atoms with Crippen molar-refractivity contribution in [2.24, 2.45) is 0 Å². The second kappa shape index (κ2) is 6.49.